The first-order valence-electron chi connectivity index (χ1n) is 13.0. The molecule has 0 radical (unpaired) electrons. The van der Waals surface area contributed by atoms with E-state index in [1.54, 1.807) is 19.2 Å². The summed E-state index contributed by atoms with van der Waals surface area (Å²) in [4.78, 5) is 34.8. The largest absolute Gasteiger partial charge is 0.573 e. The number of carbonyl (C=O) groups is 1. The van der Waals surface area contributed by atoms with E-state index in [4.69, 9.17) is 14.2 Å². The van der Waals surface area contributed by atoms with Crippen LogP contribution in [0.4, 0.5) is 23.2 Å². The Kier molecular flexibility index (Phi) is 8.00. The first-order valence-corrected chi connectivity index (χ1v) is 13.0. The van der Waals surface area contributed by atoms with Gasteiger partial charge in [-0.3, -0.25) is 9.59 Å². The highest BCUT2D eigenvalue weighted by atomic mass is 19.4. The number of hydrogen-bond donors (Lipinski definition) is 1. The number of anilines is 1. The van der Waals surface area contributed by atoms with Gasteiger partial charge in [-0.05, 0) is 50.2 Å². The molecule has 0 fully saturated rings. The molecular formula is C30H24F4N4O6. The van der Waals surface area contributed by atoms with Gasteiger partial charge < -0.3 is 28.8 Å². The summed E-state index contributed by atoms with van der Waals surface area (Å²) in [6.45, 7) is 3.73. The lowest BCUT2D eigenvalue weighted by atomic mass is 10.1. The average Bonchev–Trinajstić information content (AvgIpc) is 2.96. The van der Waals surface area contributed by atoms with E-state index in [2.05, 4.69) is 20.0 Å². The number of aryl methyl sites for hydroxylation is 1. The van der Waals surface area contributed by atoms with E-state index in [9.17, 15) is 22.8 Å². The third kappa shape index (κ3) is 5.91. The number of benzene rings is 3. The van der Waals surface area contributed by atoms with Gasteiger partial charge in [-0.2, -0.15) is 0 Å². The van der Waals surface area contributed by atoms with Gasteiger partial charge in [-0.15, -0.1) is 13.2 Å². The van der Waals surface area contributed by atoms with Gasteiger partial charge >= 0.3 is 6.36 Å². The van der Waals surface area contributed by atoms with Gasteiger partial charge in [0, 0.05) is 30.6 Å². The average molecular weight is 613 g/mol. The summed E-state index contributed by atoms with van der Waals surface area (Å²) in [5, 5.41) is 2.73. The van der Waals surface area contributed by atoms with Crippen LogP contribution in [0.25, 0.3) is 21.8 Å². The summed E-state index contributed by atoms with van der Waals surface area (Å²) >= 11 is 0. The Balaban J connectivity index is 1.43. The molecule has 1 amide bonds. The topological polar surface area (TPSA) is 114 Å². The van der Waals surface area contributed by atoms with Crippen LogP contribution < -0.4 is 29.7 Å². The van der Waals surface area contributed by atoms with E-state index in [-0.39, 0.29) is 39.5 Å². The van der Waals surface area contributed by atoms with Crippen molar-refractivity contribution in [2.75, 3.05) is 19.0 Å². The maximum absolute atomic E-state index is 15.2. The molecule has 0 unspecified atom stereocenters. The molecule has 3 aromatic carbocycles. The van der Waals surface area contributed by atoms with Crippen LogP contribution in [0.2, 0.25) is 0 Å². The number of nitrogens with zero attached hydrogens (tertiary/aromatic N) is 3. The quantitative estimate of drug-likeness (QED) is 0.204. The Hall–Kier alpha value is -5.40. The van der Waals surface area contributed by atoms with Crippen LogP contribution in [0.5, 0.6) is 28.9 Å². The molecule has 5 aromatic rings. The zero-order chi connectivity index (χ0) is 31.8. The number of pyridine rings is 1. The predicted octanol–water partition coefficient (Wildman–Crippen LogP) is 6.28. The smallest absolute Gasteiger partial charge is 0.493 e. The summed E-state index contributed by atoms with van der Waals surface area (Å²) in [5.41, 5.74) is -0.171. The van der Waals surface area contributed by atoms with Gasteiger partial charge in [0.15, 0.2) is 23.1 Å². The molecule has 0 saturated carbocycles. The highest BCUT2D eigenvalue weighted by molar-refractivity contribution is 6.07. The van der Waals surface area contributed by atoms with Crippen molar-refractivity contribution in [3.05, 3.63) is 82.2 Å². The molecule has 0 aliphatic heterocycles. The van der Waals surface area contributed by atoms with Gasteiger partial charge in [-0.1, -0.05) is 0 Å². The molecule has 0 spiro atoms. The maximum atomic E-state index is 15.2. The van der Waals surface area contributed by atoms with Crippen molar-refractivity contribution >= 4 is 33.4 Å². The SMILES string of the molecule is CCOc1cc2ncnc(Oc3ccc(NC(=O)c4c(C)n(C)c5ccc(OC(F)(F)F)cc5c4=O)cc3F)c2cc1OC. The van der Waals surface area contributed by atoms with Crippen molar-refractivity contribution in [3.63, 3.8) is 0 Å². The van der Waals surface area contributed by atoms with Gasteiger partial charge in [0.1, 0.15) is 17.6 Å². The van der Waals surface area contributed by atoms with E-state index >= 15 is 4.39 Å². The molecule has 0 atom stereocenters. The standard InChI is InChI=1S/C30H24F4N4O6/c1-5-42-25-13-21-18(12-24(25)41-4)29(36-14-35-21)43-23-9-6-16(10-20(23)31)37-28(40)26-15(2)38(3)22-8-7-17(44-30(32,33)34)11-19(22)27(26)39/h6-14H,5H2,1-4H3,(H,37,40). The molecule has 44 heavy (non-hydrogen) atoms. The minimum absolute atomic E-state index is 0.00822. The number of nitrogens with one attached hydrogen (secondary N) is 1. The summed E-state index contributed by atoms with van der Waals surface area (Å²) < 4.78 is 75.5. The third-order valence-corrected chi connectivity index (χ3v) is 6.71. The number of halogens is 4. The lowest BCUT2D eigenvalue weighted by molar-refractivity contribution is -0.274. The van der Waals surface area contributed by atoms with Crippen molar-refractivity contribution in [2.24, 2.45) is 7.05 Å². The molecule has 0 bridgehead atoms. The van der Waals surface area contributed by atoms with Crippen molar-refractivity contribution in [1.29, 1.82) is 0 Å². The van der Waals surface area contributed by atoms with Gasteiger partial charge in [0.2, 0.25) is 11.3 Å². The molecule has 5 rings (SSSR count). The Bertz CT molecular complexity index is 1980. The summed E-state index contributed by atoms with van der Waals surface area (Å²) in [6, 6.07) is 10.1. The highest BCUT2D eigenvalue weighted by Crippen LogP contribution is 2.37. The Morgan fingerprint density at radius 2 is 1.77 bits per heavy atom. The number of amides is 1. The monoisotopic (exact) mass is 612 g/mol. The minimum Gasteiger partial charge on any atom is -0.493 e. The number of methoxy groups -OCH3 is 1. The first-order chi connectivity index (χ1) is 20.9. The number of ether oxygens (including phenoxy) is 4. The zero-order valence-electron chi connectivity index (χ0n) is 23.7. The highest BCUT2D eigenvalue weighted by Gasteiger charge is 2.31. The van der Waals surface area contributed by atoms with Crippen molar-refractivity contribution in [3.8, 4) is 28.9 Å². The number of alkyl halides is 3. The van der Waals surface area contributed by atoms with Gasteiger partial charge in [-0.25, -0.2) is 14.4 Å². The van der Waals surface area contributed by atoms with E-state index < -0.39 is 29.3 Å². The second-order valence-electron chi connectivity index (χ2n) is 9.41. The van der Waals surface area contributed by atoms with Crippen LogP contribution in [0, 0.1) is 12.7 Å². The molecule has 0 aliphatic rings. The van der Waals surface area contributed by atoms with Crippen LogP contribution in [0.1, 0.15) is 23.0 Å². The number of carbonyl (C=O) groups excluding carboxylic acids is 1. The fourth-order valence-electron chi connectivity index (χ4n) is 4.61. The predicted molar refractivity (Wildman–Crippen MR) is 152 cm³/mol. The van der Waals surface area contributed by atoms with E-state index in [0.29, 0.717) is 29.0 Å². The number of hydrogen-bond acceptors (Lipinski definition) is 8. The number of rotatable bonds is 8. The van der Waals surface area contributed by atoms with Crippen LogP contribution in [0.3, 0.4) is 0 Å². The van der Waals surface area contributed by atoms with Gasteiger partial charge in [0.25, 0.3) is 5.91 Å². The van der Waals surface area contributed by atoms with Crippen molar-refractivity contribution in [1.82, 2.24) is 14.5 Å². The second-order valence-corrected chi connectivity index (χ2v) is 9.41. The summed E-state index contributed by atoms with van der Waals surface area (Å²) in [7, 11) is 3.02. The normalized spacial score (nSPS) is 11.5. The van der Waals surface area contributed by atoms with Gasteiger partial charge in [0.05, 0.1) is 35.5 Å². The maximum Gasteiger partial charge on any atom is 0.573 e. The third-order valence-electron chi connectivity index (χ3n) is 6.71. The molecule has 14 heteroatoms. The Morgan fingerprint density at radius 3 is 2.45 bits per heavy atom. The van der Waals surface area contributed by atoms with E-state index in [0.717, 1.165) is 18.2 Å². The van der Waals surface area contributed by atoms with E-state index in [1.807, 2.05) is 6.92 Å². The summed E-state index contributed by atoms with van der Waals surface area (Å²) in [6.07, 6.45) is -3.72. The molecule has 2 aromatic heterocycles. The molecule has 10 nitrogen and oxygen atoms in total. The van der Waals surface area contributed by atoms with Crippen LogP contribution in [0.15, 0.2) is 59.7 Å². The van der Waals surface area contributed by atoms with E-state index in [1.165, 1.54) is 43.1 Å². The Labute approximate surface area is 246 Å². The molecular weight excluding hydrogens is 588 g/mol. The van der Waals surface area contributed by atoms with Crippen LogP contribution in [-0.2, 0) is 7.05 Å². The first kappa shape index (κ1) is 30.1. The number of aromatic nitrogens is 3. The molecule has 1 N–H and O–H groups in total. The van der Waals surface area contributed by atoms with Crippen LogP contribution in [-0.4, -0.2) is 40.5 Å². The summed E-state index contributed by atoms with van der Waals surface area (Å²) in [5.74, 6) is -1.67. The molecule has 0 aliphatic carbocycles. The fraction of sp³-hybridized carbons (Fsp3) is 0.200. The second kappa shape index (κ2) is 11.7. The Morgan fingerprint density at radius 1 is 1.00 bits per heavy atom. The molecule has 0 saturated heterocycles. The van der Waals surface area contributed by atoms with Crippen LogP contribution >= 0.6 is 0 Å². The molecule has 228 valence electrons. The molecule has 2 heterocycles. The minimum atomic E-state index is -4.97. The van der Waals surface area contributed by atoms with Crippen molar-refractivity contribution < 1.29 is 41.3 Å². The fourth-order valence-corrected chi connectivity index (χ4v) is 4.61. The lowest BCUT2D eigenvalue weighted by Gasteiger charge is -2.16. The zero-order valence-corrected chi connectivity index (χ0v) is 23.7. The number of fused-ring (bicyclic) bond motifs is 2. The van der Waals surface area contributed by atoms with Crippen molar-refractivity contribution in [2.45, 2.75) is 20.2 Å². The lowest BCUT2D eigenvalue weighted by Crippen LogP contribution is -2.26.